The summed E-state index contributed by atoms with van der Waals surface area (Å²) in [6.07, 6.45) is 1.90. The Hall–Kier alpha value is -3.51. The summed E-state index contributed by atoms with van der Waals surface area (Å²) in [5, 5.41) is 0.602. The topological polar surface area (TPSA) is 51.1 Å². The van der Waals surface area contributed by atoms with Gasteiger partial charge in [0.25, 0.3) is 5.91 Å². The maximum atomic E-state index is 13.4. The number of benzene rings is 3. The Morgan fingerprint density at radius 1 is 0.844 bits per heavy atom. The predicted octanol–water partition coefficient (Wildman–Crippen LogP) is 6.29. The molecule has 6 heteroatoms. The van der Waals surface area contributed by atoms with Gasteiger partial charge in [-0.3, -0.25) is 9.69 Å². The molecule has 0 radical (unpaired) electrons. The molecule has 1 aliphatic heterocycles. The van der Waals surface area contributed by atoms with Crippen molar-refractivity contribution in [3.63, 3.8) is 0 Å². The lowest BCUT2D eigenvalue weighted by atomic mass is 10.2. The lowest BCUT2D eigenvalue weighted by Gasteiger charge is -2.16. The van der Waals surface area contributed by atoms with Gasteiger partial charge in [0, 0.05) is 0 Å². The van der Waals surface area contributed by atoms with E-state index in [4.69, 9.17) is 14.5 Å². The van der Waals surface area contributed by atoms with Crippen LogP contribution in [0.25, 0.3) is 6.08 Å². The van der Waals surface area contributed by atoms with Gasteiger partial charge in [0.1, 0.15) is 11.5 Å². The van der Waals surface area contributed by atoms with Gasteiger partial charge >= 0.3 is 0 Å². The number of nitrogens with zero attached hydrogens (tertiary/aromatic N) is 2. The van der Waals surface area contributed by atoms with Crippen LogP contribution in [0, 0.1) is 0 Å². The predicted molar refractivity (Wildman–Crippen MR) is 132 cm³/mol. The second kappa shape index (κ2) is 10.2. The van der Waals surface area contributed by atoms with Gasteiger partial charge in [0.15, 0.2) is 5.17 Å². The lowest BCUT2D eigenvalue weighted by molar-refractivity contribution is -0.113. The van der Waals surface area contributed by atoms with Crippen molar-refractivity contribution in [1.82, 2.24) is 0 Å². The Kier molecular flexibility index (Phi) is 6.92. The van der Waals surface area contributed by atoms with Crippen molar-refractivity contribution in [2.24, 2.45) is 4.99 Å². The van der Waals surface area contributed by atoms with Crippen molar-refractivity contribution < 1.29 is 14.3 Å². The Balaban J connectivity index is 1.70. The first-order valence-electron chi connectivity index (χ1n) is 10.5. The van der Waals surface area contributed by atoms with Crippen molar-refractivity contribution in [2.75, 3.05) is 18.1 Å². The Morgan fingerprint density at radius 2 is 1.44 bits per heavy atom. The summed E-state index contributed by atoms with van der Waals surface area (Å²) in [6.45, 7) is 5.09. The van der Waals surface area contributed by atoms with Gasteiger partial charge in [0.05, 0.1) is 29.5 Å². The van der Waals surface area contributed by atoms with Crippen LogP contribution < -0.4 is 14.4 Å². The lowest BCUT2D eigenvalue weighted by Crippen LogP contribution is -2.28. The summed E-state index contributed by atoms with van der Waals surface area (Å²) in [7, 11) is 0. The molecule has 4 rings (SSSR count). The van der Waals surface area contributed by atoms with Crippen molar-refractivity contribution in [3.8, 4) is 11.5 Å². The number of carbonyl (C=O) groups excluding carboxylic acids is 1. The number of hydrogen-bond donors (Lipinski definition) is 0. The number of thioether (sulfide) groups is 1. The quantitative estimate of drug-likeness (QED) is 0.402. The fourth-order valence-electron chi connectivity index (χ4n) is 3.23. The summed E-state index contributed by atoms with van der Waals surface area (Å²) in [4.78, 5) is 20.4. The molecular formula is C26H24N2O3S. The molecule has 162 valence electrons. The number of ether oxygens (including phenoxy) is 2. The molecule has 32 heavy (non-hydrogen) atoms. The molecule has 0 saturated carbocycles. The van der Waals surface area contributed by atoms with Crippen molar-refractivity contribution >= 4 is 40.3 Å². The van der Waals surface area contributed by atoms with Crippen LogP contribution in [-0.2, 0) is 4.79 Å². The molecule has 1 fully saturated rings. The monoisotopic (exact) mass is 444 g/mol. The second-order valence-electron chi connectivity index (χ2n) is 6.91. The summed E-state index contributed by atoms with van der Waals surface area (Å²) >= 11 is 1.37. The molecule has 1 aliphatic rings. The Morgan fingerprint density at radius 3 is 2.03 bits per heavy atom. The van der Waals surface area contributed by atoms with E-state index in [1.54, 1.807) is 4.90 Å². The van der Waals surface area contributed by atoms with E-state index in [2.05, 4.69) is 0 Å². The molecule has 1 amide bonds. The highest BCUT2D eigenvalue weighted by Crippen LogP contribution is 2.38. The molecule has 3 aromatic rings. The minimum absolute atomic E-state index is 0.104. The van der Waals surface area contributed by atoms with Crippen molar-refractivity contribution in [1.29, 1.82) is 0 Å². The summed E-state index contributed by atoms with van der Waals surface area (Å²) < 4.78 is 11.1. The summed E-state index contributed by atoms with van der Waals surface area (Å²) in [5.41, 5.74) is 2.46. The van der Waals surface area contributed by atoms with Gasteiger partial charge in [-0.2, -0.15) is 0 Å². The highest BCUT2D eigenvalue weighted by atomic mass is 32.2. The van der Waals surface area contributed by atoms with E-state index in [1.165, 1.54) is 11.8 Å². The average molecular weight is 445 g/mol. The zero-order chi connectivity index (χ0) is 22.3. The maximum absolute atomic E-state index is 13.4. The van der Waals surface area contributed by atoms with E-state index in [1.807, 2.05) is 98.8 Å². The summed E-state index contributed by atoms with van der Waals surface area (Å²) in [6, 6.07) is 24.8. The maximum Gasteiger partial charge on any atom is 0.271 e. The molecule has 1 saturated heterocycles. The minimum atomic E-state index is -0.104. The van der Waals surface area contributed by atoms with E-state index in [-0.39, 0.29) is 5.91 Å². The molecule has 0 spiro atoms. The zero-order valence-corrected chi connectivity index (χ0v) is 18.8. The number of amides is 1. The fraction of sp³-hybridized carbons (Fsp3) is 0.154. The third-order valence-corrected chi connectivity index (χ3v) is 5.65. The van der Waals surface area contributed by atoms with Crippen molar-refractivity contribution in [2.45, 2.75) is 13.8 Å². The van der Waals surface area contributed by atoms with Crippen LogP contribution in [0.1, 0.15) is 19.4 Å². The van der Waals surface area contributed by atoms with Crippen molar-refractivity contribution in [3.05, 3.63) is 89.3 Å². The first-order chi connectivity index (χ1) is 15.7. The fourth-order valence-corrected chi connectivity index (χ4v) is 4.23. The van der Waals surface area contributed by atoms with Crippen LogP contribution in [0.3, 0.4) is 0 Å². The Labute approximate surface area is 192 Å². The number of hydrogen-bond acceptors (Lipinski definition) is 5. The number of amidine groups is 1. The molecular weight excluding hydrogens is 420 g/mol. The standard InChI is InChI=1S/C26H24N2O3S/c1-3-30-22-14-10-20(11-15-22)27-26-28(21-12-16-23(17-13-21)31-4-2)25(29)24(32-26)18-19-8-6-5-7-9-19/h5-18H,3-4H2,1-2H3/b24-18-,27-26?. The zero-order valence-electron chi connectivity index (χ0n) is 18.0. The third-order valence-electron chi connectivity index (χ3n) is 4.68. The SMILES string of the molecule is CCOc1ccc(N=C2S/C(=C\c3ccccc3)C(=O)N2c2ccc(OCC)cc2)cc1. The highest BCUT2D eigenvalue weighted by molar-refractivity contribution is 8.19. The first-order valence-corrected chi connectivity index (χ1v) is 11.3. The second-order valence-corrected chi connectivity index (χ2v) is 7.92. The highest BCUT2D eigenvalue weighted by Gasteiger charge is 2.34. The van der Waals surface area contributed by atoms with Crippen LogP contribution in [0.5, 0.6) is 11.5 Å². The smallest absolute Gasteiger partial charge is 0.271 e. The molecule has 0 N–H and O–H groups in total. The molecule has 0 atom stereocenters. The molecule has 0 aromatic heterocycles. The normalized spacial score (nSPS) is 16.1. The molecule has 0 aliphatic carbocycles. The molecule has 1 heterocycles. The molecule has 5 nitrogen and oxygen atoms in total. The van der Waals surface area contributed by atoms with E-state index >= 15 is 0 Å². The number of aliphatic imine (C=N–C) groups is 1. The van der Waals surface area contributed by atoms with E-state index in [9.17, 15) is 4.79 Å². The van der Waals surface area contributed by atoms with Gasteiger partial charge in [-0.25, -0.2) is 4.99 Å². The number of anilines is 1. The number of rotatable bonds is 7. The third kappa shape index (κ3) is 5.03. The van der Waals surface area contributed by atoms with Gasteiger partial charge < -0.3 is 9.47 Å². The van der Waals surface area contributed by atoms with Crippen LogP contribution in [0.2, 0.25) is 0 Å². The molecule has 0 unspecified atom stereocenters. The first kappa shape index (κ1) is 21.7. The molecule has 0 bridgehead atoms. The Bertz CT molecular complexity index is 1120. The van der Waals surface area contributed by atoms with Crippen LogP contribution >= 0.6 is 11.8 Å². The number of carbonyl (C=O) groups is 1. The van der Waals surface area contributed by atoms with Gasteiger partial charge in [-0.05, 0) is 85.8 Å². The molecule has 3 aromatic carbocycles. The van der Waals surface area contributed by atoms with Gasteiger partial charge in [-0.15, -0.1) is 0 Å². The van der Waals surface area contributed by atoms with Crippen LogP contribution in [-0.4, -0.2) is 24.3 Å². The van der Waals surface area contributed by atoms with E-state index in [0.717, 1.165) is 28.4 Å². The van der Waals surface area contributed by atoms with Crippen LogP contribution in [0.4, 0.5) is 11.4 Å². The largest absolute Gasteiger partial charge is 0.494 e. The van der Waals surface area contributed by atoms with E-state index in [0.29, 0.717) is 23.3 Å². The van der Waals surface area contributed by atoms with E-state index < -0.39 is 0 Å². The van der Waals surface area contributed by atoms with Gasteiger partial charge in [0.2, 0.25) is 0 Å². The average Bonchev–Trinajstić information content (AvgIpc) is 3.11. The van der Waals surface area contributed by atoms with Gasteiger partial charge in [-0.1, -0.05) is 30.3 Å². The minimum Gasteiger partial charge on any atom is -0.494 e. The van der Waals surface area contributed by atoms with Crippen LogP contribution in [0.15, 0.2) is 88.8 Å². The summed E-state index contributed by atoms with van der Waals surface area (Å²) in [5.74, 6) is 1.45.